The molecule has 0 bridgehead atoms. The fourth-order valence-electron chi connectivity index (χ4n) is 2.13. The van der Waals surface area contributed by atoms with E-state index in [0.29, 0.717) is 6.04 Å². The first-order valence-electron chi connectivity index (χ1n) is 5.02. The van der Waals surface area contributed by atoms with Gasteiger partial charge >= 0.3 is 0 Å². The van der Waals surface area contributed by atoms with Crippen molar-refractivity contribution in [3.63, 3.8) is 0 Å². The maximum absolute atomic E-state index is 5.83. The van der Waals surface area contributed by atoms with Crippen LogP contribution in [0.5, 0.6) is 0 Å². The van der Waals surface area contributed by atoms with Crippen molar-refractivity contribution in [2.45, 2.75) is 17.0 Å². The number of thioether (sulfide) groups is 1. The van der Waals surface area contributed by atoms with E-state index in [-0.39, 0.29) is 6.10 Å². The minimum Gasteiger partial charge on any atom is -0.370 e. The summed E-state index contributed by atoms with van der Waals surface area (Å²) in [5.74, 6) is 1.13. The molecule has 0 aromatic heterocycles. The fourth-order valence-corrected chi connectivity index (χ4v) is 3.31. The van der Waals surface area contributed by atoms with E-state index in [1.165, 1.54) is 10.5 Å². The van der Waals surface area contributed by atoms with Gasteiger partial charge in [0.05, 0.1) is 12.7 Å². The zero-order valence-electron chi connectivity index (χ0n) is 7.90. The van der Waals surface area contributed by atoms with Crippen LogP contribution in [0.25, 0.3) is 0 Å². The number of morpholine rings is 1. The number of fused-ring (bicyclic) bond motifs is 3. The van der Waals surface area contributed by atoms with Crippen LogP contribution in [0.4, 0.5) is 0 Å². The topological polar surface area (TPSA) is 21.3 Å². The van der Waals surface area contributed by atoms with Crippen LogP contribution in [-0.2, 0) is 4.74 Å². The second-order valence-electron chi connectivity index (χ2n) is 3.70. The number of ether oxygens (including phenoxy) is 1. The first-order chi connectivity index (χ1) is 6.95. The van der Waals surface area contributed by atoms with E-state index in [9.17, 15) is 0 Å². The maximum atomic E-state index is 5.83. The molecule has 2 nitrogen and oxygen atoms in total. The van der Waals surface area contributed by atoms with Crippen LogP contribution in [-0.4, -0.2) is 24.9 Å². The highest BCUT2D eigenvalue weighted by Gasteiger charge is 2.32. The van der Waals surface area contributed by atoms with Crippen LogP contribution in [0, 0.1) is 0 Å². The Labute approximate surface area is 88.0 Å². The van der Waals surface area contributed by atoms with E-state index in [1.54, 1.807) is 0 Å². The van der Waals surface area contributed by atoms with Crippen molar-refractivity contribution in [2.24, 2.45) is 0 Å². The Morgan fingerprint density at radius 3 is 3.29 bits per heavy atom. The third kappa shape index (κ3) is 1.36. The van der Waals surface area contributed by atoms with Crippen molar-refractivity contribution in [1.82, 2.24) is 5.32 Å². The van der Waals surface area contributed by atoms with Crippen LogP contribution < -0.4 is 5.32 Å². The van der Waals surface area contributed by atoms with Gasteiger partial charge in [-0.05, 0) is 11.6 Å². The van der Waals surface area contributed by atoms with Gasteiger partial charge in [0.1, 0.15) is 0 Å². The number of rotatable bonds is 0. The van der Waals surface area contributed by atoms with Gasteiger partial charge in [-0.2, -0.15) is 0 Å². The smallest absolute Gasteiger partial charge is 0.0997 e. The number of hydrogen-bond acceptors (Lipinski definition) is 3. The number of benzene rings is 1. The molecule has 1 aromatic carbocycles. The Balaban J connectivity index is 1.99. The van der Waals surface area contributed by atoms with Gasteiger partial charge in [-0.25, -0.2) is 0 Å². The largest absolute Gasteiger partial charge is 0.370 e. The minimum atomic E-state index is 0.279. The average Bonchev–Trinajstić information content (AvgIpc) is 2.29. The summed E-state index contributed by atoms with van der Waals surface area (Å²) < 4.78 is 5.83. The summed E-state index contributed by atoms with van der Waals surface area (Å²) in [6.07, 6.45) is 0.279. The summed E-state index contributed by atoms with van der Waals surface area (Å²) in [6.45, 7) is 1.82. The fraction of sp³-hybridized carbons (Fsp3) is 0.455. The molecular weight excluding hydrogens is 194 g/mol. The molecule has 3 heteroatoms. The van der Waals surface area contributed by atoms with E-state index in [4.69, 9.17) is 4.74 Å². The zero-order chi connectivity index (χ0) is 9.38. The van der Waals surface area contributed by atoms with E-state index in [0.717, 1.165) is 18.9 Å². The molecule has 1 aromatic rings. The third-order valence-corrected chi connectivity index (χ3v) is 4.02. The van der Waals surface area contributed by atoms with Gasteiger partial charge in [-0.15, -0.1) is 11.8 Å². The molecule has 0 radical (unpaired) electrons. The zero-order valence-corrected chi connectivity index (χ0v) is 8.72. The molecule has 0 amide bonds. The quantitative estimate of drug-likeness (QED) is 0.701. The summed E-state index contributed by atoms with van der Waals surface area (Å²) in [7, 11) is 0. The van der Waals surface area contributed by atoms with Gasteiger partial charge in [-0.3, -0.25) is 0 Å². The lowest BCUT2D eigenvalue weighted by molar-refractivity contribution is -0.00187. The van der Waals surface area contributed by atoms with E-state index in [1.807, 2.05) is 11.8 Å². The second kappa shape index (κ2) is 3.57. The highest BCUT2D eigenvalue weighted by Crippen LogP contribution is 2.38. The molecule has 0 aliphatic carbocycles. The lowest BCUT2D eigenvalue weighted by atomic mass is 10.0. The summed E-state index contributed by atoms with van der Waals surface area (Å²) >= 11 is 1.93. The van der Waals surface area contributed by atoms with Crippen molar-refractivity contribution in [3.8, 4) is 0 Å². The summed E-state index contributed by atoms with van der Waals surface area (Å²) in [5, 5.41) is 3.52. The molecule has 1 fully saturated rings. The molecule has 2 unspecified atom stereocenters. The Kier molecular flexibility index (Phi) is 2.24. The first kappa shape index (κ1) is 8.77. The van der Waals surface area contributed by atoms with Gasteiger partial charge in [0.25, 0.3) is 0 Å². The molecule has 0 spiro atoms. The number of hydrogen-bond donors (Lipinski definition) is 1. The van der Waals surface area contributed by atoms with Gasteiger partial charge < -0.3 is 10.1 Å². The van der Waals surface area contributed by atoms with E-state index < -0.39 is 0 Å². The molecule has 2 atom stereocenters. The highest BCUT2D eigenvalue weighted by atomic mass is 32.2. The molecule has 2 aliphatic heterocycles. The van der Waals surface area contributed by atoms with Crippen molar-refractivity contribution >= 4 is 11.8 Å². The molecule has 1 saturated heterocycles. The summed E-state index contributed by atoms with van der Waals surface area (Å²) in [4.78, 5) is 1.39. The van der Waals surface area contributed by atoms with Crippen LogP contribution in [0.2, 0.25) is 0 Å². The standard InChI is InChI=1S/C11H13NOS/c1-2-4-10-8(3-1)11-9(7-14-10)12-5-6-13-11/h1-4,9,11-12H,5-7H2. The Bertz CT molecular complexity index is 342. The second-order valence-corrected chi connectivity index (χ2v) is 4.76. The molecular formula is C11H13NOS. The van der Waals surface area contributed by atoms with Gasteiger partial charge in [0.15, 0.2) is 0 Å². The highest BCUT2D eigenvalue weighted by molar-refractivity contribution is 7.99. The SMILES string of the molecule is c1ccc2c(c1)SCC1NCCOC21. The van der Waals surface area contributed by atoms with E-state index in [2.05, 4.69) is 29.6 Å². The van der Waals surface area contributed by atoms with Crippen molar-refractivity contribution in [3.05, 3.63) is 29.8 Å². The molecule has 3 rings (SSSR count). The lowest BCUT2D eigenvalue weighted by Crippen LogP contribution is -2.46. The van der Waals surface area contributed by atoms with Crippen molar-refractivity contribution < 1.29 is 4.74 Å². The summed E-state index contributed by atoms with van der Waals surface area (Å²) in [6, 6.07) is 9.08. The lowest BCUT2D eigenvalue weighted by Gasteiger charge is -2.37. The van der Waals surface area contributed by atoms with Crippen LogP contribution >= 0.6 is 11.8 Å². The molecule has 2 aliphatic rings. The van der Waals surface area contributed by atoms with Crippen LogP contribution in [0.15, 0.2) is 29.2 Å². The van der Waals surface area contributed by atoms with Crippen molar-refractivity contribution in [1.29, 1.82) is 0 Å². The number of nitrogens with one attached hydrogen (secondary N) is 1. The van der Waals surface area contributed by atoms with Gasteiger partial charge in [0, 0.05) is 23.2 Å². The molecule has 14 heavy (non-hydrogen) atoms. The van der Waals surface area contributed by atoms with E-state index >= 15 is 0 Å². The predicted octanol–water partition coefficient (Wildman–Crippen LogP) is 1.82. The van der Waals surface area contributed by atoms with Crippen LogP contribution in [0.1, 0.15) is 11.7 Å². The maximum Gasteiger partial charge on any atom is 0.0997 e. The molecule has 1 N–H and O–H groups in total. The monoisotopic (exact) mass is 207 g/mol. The predicted molar refractivity (Wildman–Crippen MR) is 57.6 cm³/mol. The third-order valence-electron chi connectivity index (χ3n) is 2.82. The van der Waals surface area contributed by atoms with Gasteiger partial charge in [-0.1, -0.05) is 18.2 Å². The Morgan fingerprint density at radius 2 is 2.29 bits per heavy atom. The molecule has 2 heterocycles. The first-order valence-corrected chi connectivity index (χ1v) is 6.00. The van der Waals surface area contributed by atoms with Crippen LogP contribution in [0.3, 0.4) is 0 Å². The van der Waals surface area contributed by atoms with Gasteiger partial charge in [0.2, 0.25) is 0 Å². The Morgan fingerprint density at radius 1 is 1.36 bits per heavy atom. The Hall–Kier alpha value is -0.510. The minimum absolute atomic E-state index is 0.279. The molecule has 74 valence electrons. The average molecular weight is 207 g/mol. The molecule has 0 saturated carbocycles. The van der Waals surface area contributed by atoms with Crippen molar-refractivity contribution in [2.75, 3.05) is 18.9 Å². The summed E-state index contributed by atoms with van der Waals surface area (Å²) in [5.41, 5.74) is 1.36. The normalized spacial score (nSPS) is 30.6.